The fraction of sp³-hybridized carbons (Fsp3) is 0.182. The molecule has 3 rings (SSSR count). The summed E-state index contributed by atoms with van der Waals surface area (Å²) in [6, 6.07) is 23.7. The van der Waals surface area contributed by atoms with E-state index in [2.05, 4.69) is 63.2 Å². The van der Waals surface area contributed by atoms with Gasteiger partial charge in [-0.05, 0) is 51.4 Å². The first-order valence-corrected chi connectivity index (χ1v) is 7.90. The van der Waals surface area contributed by atoms with Gasteiger partial charge in [-0.25, -0.2) is 4.39 Å². The molecule has 0 atom stereocenters. The van der Waals surface area contributed by atoms with E-state index in [1.807, 2.05) is 18.2 Å². The Bertz CT molecular complexity index is 794. The summed E-state index contributed by atoms with van der Waals surface area (Å²) in [6.07, 6.45) is 0. The van der Waals surface area contributed by atoms with Crippen LogP contribution in [0.15, 0.2) is 72.8 Å². The van der Waals surface area contributed by atoms with Crippen molar-refractivity contribution in [3.05, 3.63) is 84.2 Å². The van der Waals surface area contributed by atoms with Crippen LogP contribution in [0, 0.1) is 5.82 Å². The molecule has 0 N–H and O–H groups in total. The highest BCUT2D eigenvalue weighted by atomic mass is 19.1. The summed E-state index contributed by atoms with van der Waals surface area (Å²) in [5.41, 5.74) is 5.88. The first kappa shape index (κ1) is 15.5. The first-order chi connectivity index (χ1) is 10.9. The average molecular weight is 304 g/mol. The minimum Gasteiger partial charge on any atom is -0.207 e. The molecule has 0 bridgehead atoms. The van der Waals surface area contributed by atoms with Gasteiger partial charge in [0.15, 0.2) is 0 Å². The lowest BCUT2D eigenvalue weighted by Gasteiger charge is -2.21. The molecule has 0 heterocycles. The van der Waals surface area contributed by atoms with Crippen molar-refractivity contribution < 1.29 is 4.39 Å². The lowest BCUT2D eigenvalue weighted by molar-refractivity contribution is 0.590. The van der Waals surface area contributed by atoms with Gasteiger partial charge >= 0.3 is 0 Å². The van der Waals surface area contributed by atoms with Crippen molar-refractivity contribution in [2.45, 2.75) is 26.2 Å². The Morgan fingerprint density at radius 1 is 0.609 bits per heavy atom. The molecule has 0 saturated heterocycles. The minimum atomic E-state index is -0.205. The van der Waals surface area contributed by atoms with Gasteiger partial charge in [0.2, 0.25) is 0 Å². The molecule has 0 spiro atoms. The lowest BCUT2D eigenvalue weighted by atomic mass is 9.83. The standard InChI is InChI=1S/C22H21F/c1-22(2,3)20-14-18(16-7-5-4-6-8-16)13-19(15-20)17-9-11-21(23)12-10-17/h4-15H,1-3H3. The third-order valence-electron chi connectivity index (χ3n) is 4.08. The summed E-state index contributed by atoms with van der Waals surface area (Å²) < 4.78 is 13.2. The van der Waals surface area contributed by atoms with Gasteiger partial charge in [-0.1, -0.05) is 75.4 Å². The highest BCUT2D eigenvalue weighted by Crippen LogP contribution is 2.33. The number of hydrogen-bond donors (Lipinski definition) is 0. The summed E-state index contributed by atoms with van der Waals surface area (Å²) in [5.74, 6) is -0.205. The monoisotopic (exact) mass is 304 g/mol. The quantitative estimate of drug-likeness (QED) is 0.510. The van der Waals surface area contributed by atoms with Crippen LogP contribution >= 0.6 is 0 Å². The maximum absolute atomic E-state index is 13.2. The Labute approximate surface area is 137 Å². The molecular weight excluding hydrogens is 283 g/mol. The minimum absolute atomic E-state index is 0.0551. The number of halogens is 1. The zero-order chi connectivity index (χ0) is 16.4. The number of hydrogen-bond acceptors (Lipinski definition) is 0. The van der Waals surface area contributed by atoms with Crippen LogP contribution in [0.4, 0.5) is 4.39 Å². The average Bonchev–Trinajstić information content (AvgIpc) is 2.55. The van der Waals surface area contributed by atoms with E-state index >= 15 is 0 Å². The molecule has 0 nitrogen and oxygen atoms in total. The molecule has 116 valence electrons. The molecule has 0 amide bonds. The highest BCUT2D eigenvalue weighted by molar-refractivity contribution is 5.74. The van der Waals surface area contributed by atoms with E-state index in [1.165, 1.54) is 28.8 Å². The van der Waals surface area contributed by atoms with E-state index in [9.17, 15) is 4.39 Å². The van der Waals surface area contributed by atoms with Gasteiger partial charge in [0.25, 0.3) is 0 Å². The van der Waals surface area contributed by atoms with Crippen molar-refractivity contribution in [3.63, 3.8) is 0 Å². The van der Waals surface area contributed by atoms with Crippen molar-refractivity contribution in [1.82, 2.24) is 0 Å². The van der Waals surface area contributed by atoms with Crippen molar-refractivity contribution in [3.8, 4) is 22.3 Å². The number of benzene rings is 3. The molecule has 1 heteroatoms. The van der Waals surface area contributed by atoms with Gasteiger partial charge in [-0.15, -0.1) is 0 Å². The van der Waals surface area contributed by atoms with Crippen LogP contribution in [0.3, 0.4) is 0 Å². The highest BCUT2D eigenvalue weighted by Gasteiger charge is 2.16. The molecule has 0 aliphatic heterocycles. The largest absolute Gasteiger partial charge is 0.207 e. The van der Waals surface area contributed by atoms with Crippen molar-refractivity contribution in [1.29, 1.82) is 0 Å². The summed E-state index contributed by atoms with van der Waals surface area (Å²) in [7, 11) is 0. The van der Waals surface area contributed by atoms with Crippen LogP contribution in [-0.4, -0.2) is 0 Å². The molecule has 23 heavy (non-hydrogen) atoms. The normalized spacial score (nSPS) is 11.5. The van der Waals surface area contributed by atoms with Gasteiger partial charge < -0.3 is 0 Å². The molecule has 3 aromatic rings. The smallest absolute Gasteiger partial charge is 0.123 e. The van der Waals surface area contributed by atoms with Crippen LogP contribution in [0.5, 0.6) is 0 Å². The van der Waals surface area contributed by atoms with Crippen molar-refractivity contribution in [2.24, 2.45) is 0 Å². The third-order valence-corrected chi connectivity index (χ3v) is 4.08. The topological polar surface area (TPSA) is 0 Å². The van der Waals surface area contributed by atoms with Crippen LogP contribution in [0.2, 0.25) is 0 Å². The van der Waals surface area contributed by atoms with E-state index in [0.29, 0.717) is 0 Å². The molecule has 0 aliphatic rings. The van der Waals surface area contributed by atoms with Gasteiger partial charge in [0, 0.05) is 0 Å². The summed E-state index contributed by atoms with van der Waals surface area (Å²) in [5, 5.41) is 0. The lowest BCUT2D eigenvalue weighted by Crippen LogP contribution is -2.11. The van der Waals surface area contributed by atoms with Gasteiger partial charge in [-0.2, -0.15) is 0 Å². The van der Waals surface area contributed by atoms with Crippen molar-refractivity contribution >= 4 is 0 Å². The Balaban J connectivity index is 2.18. The second-order valence-electron chi connectivity index (χ2n) is 6.92. The van der Waals surface area contributed by atoms with Crippen LogP contribution in [-0.2, 0) is 5.41 Å². The summed E-state index contributed by atoms with van der Waals surface area (Å²) in [6.45, 7) is 6.64. The molecule has 0 aromatic heterocycles. The predicted molar refractivity (Wildman–Crippen MR) is 96.0 cm³/mol. The summed E-state index contributed by atoms with van der Waals surface area (Å²) >= 11 is 0. The van der Waals surface area contributed by atoms with E-state index in [-0.39, 0.29) is 11.2 Å². The van der Waals surface area contributed by atoms with Gasteiger partial charge in [0.1, 0.15) is 5.82 Å². The molecule has 0 aliphatic carbocycles. The number of rotatable bonds is 2. The maximum Gasteiger partial charge on any atom is 0.123 e. The second kappa shape index (κ2) is 6.00. The first-order valence-electron chi connectivity index (χ1n) is 7.90. The molecule has 0 fully saturated rings. The van der Waals surface area contributed by atoms with E-state index in [0.717, 1.165) is 11.1 Å². The van der Waals surface area contributed by atoms with Crippen LogP contribution in [0.25, 0.3) is 22.3 Å². The van der Waals surface area contributed by atoms with Crippen molar-refractivity contribution in [2.75, 3.05) is 0 Å². The molecule has 0 saturated carbocycles. The van der Waals surface area contributed by atoms with Crippen LogP contribution in [0.1, 0.15) is 26.3 Å². The predicted octanol–water partition coefficient (Wildman–Crippen LogP) is 6.46. The fourth-order valence-electron chi connectivity index (χ4n) is 2.67. The molecule has 0 radical (unpaired) electrons. The molecule has 3 aromatic carbocycles. The molecule has 0 unspecified atom stereocenters. The SMILES string of the molecule is CC(C)(C)c1cc(-c2ccccc2)cc(-c2ccc(F)cc2)c1. The van der Waals surface area contributed by atoms with E-state index in [1.54, 1.807) is 0 Å². The second-order valence-corrected chi connectivity index (χ2v) is 6.92. The zero-order valence-electron chi connectivity index (χ0n) is 13.8. The summed E-state index contributed by atoms with van der Waals surface area (Å²) in [4.78, 5) is 0. The fourth-order valence-corrected chi connectivity index (χ4v) is 2.67. The van der Waals surface area contributed by atoms with Gasteiger partial charge in [-0.3, -0.25) is 0 Å². The third kappa shape index (κ3) is 3.50. The Morgan fingerprint density at radius 2 is 1.13 bits per heavy atom. The van der Waals surface area contributed by atoms with Crippen LogP contribution < -0.4 is 0 Å². The maximum atomic E-state index is 13.2. The Hall–Kier alpha value is -2.41. The molecular formula is C22H21F. The zero-order valence-corrected chi connectivity index (χ0v) is 13.8. The Kier molecular flexibility index (Phi) is 4.04. The van der Waals surface area contributed by atoms with Gasteiger partial charge in [0.05, 0.1) is 0 Å². The Morgan fingerprint density at radius 3 is 1.65 bits per heavy atom. The van der Waals surface area contributed by atoms with E-state index in [4.69, 9.17) is 0 Å². The van der Waals surface area contributed by atoms with E-state index < -0.39 is 0 Å².